The van der Waals surface area contributed by atoms with Gasteiger partial charge < -0.3 is 5.32 Å². The van der Waals surface area contributed by atoms with Gasteiger partial charge >= 0.3 is 0 Å². The zero-order chi connectivity index (χ0) is 12.0. The summed E-state index contributed by atoms with van der Waals surface area (Å²) in [6, 6.07) is 8.35. The largest absolute Gasteiger partial charge is 0.373 e. The highest BCUT2D eigenvalue weighted by atomic mass is 15.1. The van der Waals surface area contributed by atoms with Crippen LogP contribution >= 0.6 is 0 Å². The lowest BCUT2D eigenvalue weighted by Crippen LogP contribution is -2.28. The molecule has 0 aliphatic rings. The zero-order valence-corrected chi connectivity index (χ0v) is 10.1. The fraction of sp³-hybridized carbons (Fsp3) is 0.500. The van der Waals surface area contributed by atoms with Gasteiger partial charge in [0.2, 0.25) is 0 Å². The summed E-state index contributed by atoms with van der Waals surface area (Å²) in [4.78, 5) is 6.57. The molecule has 16 heavy (non-hydrogen) atoms. The fourth-order valence-electron chi connectivity index (χ4n) is 1.41. The second kappa shape index (κ2) is 6.09. The average molecular weight is 218 g/mol. The minimum Gasteiger partial charge on any atom is -0.373 e. The van der Waals surface area contributed by atoms with E-state index in [2.05, 4.69) is 21.3 Å². The van der Waals surface area contributed by atoms with Gasteiger partial charge in [0.25, 0.3) is 0 Å². The molecule has 1 unspecified atom stereocenters. The van der Waals surface area contributed by atoms with E-state index in [9.17, 15) is 0 Å². The van der Waals surface area contributed by atoms with E-state index in [1.54, 1.807) is 0 Å². The highest BCUT2D eigenvalue weighted by Crippen LogP contribution is 2.09. The Morgan fingerprint density at radius 2 is 2.31 bits per heavy atom. The Labute approximate surface area is 96.9 Å². The Kier molecular flexibility index (Phi) is 4.74. The molecule has 1 atom stereocenters. The van der Waals surface area contributed by atoms with Gasteiger partial charge in [-0.25, -0.2) is 4.98 Å². The quantitative estimate of drug-likeness (QED) is 0.819. The molecule has 0 bridgehead atoms. The molecule has 0 spiro atoms. The molecule has 4 nitrogen and oxygen atoms in total. The molecule has 0 aliphatic carbocycles. The van der Waals surface area contributed by atoms with Crippen molar-refractivity contribution in [3.63, 3.8) is 0 Å². The van der Waals surface area contributed by atoms with E-state index < -0.39 is 0 Å². The van der Waals surface area contributed by atoms with E-state index in [0.717, 1.165) is 18.1 Å². The number of nitriles is 1. The smallest absolute Gasteiger partial charge is 0.126 e. The van der Waals surface area contributed by atoms with Gasteiger partial charge in [-0.05, 0) is 26.1 Å². The highest BCUT2D eigenvalue weighted by molar-refractivity contribution is 5.34. The van der Waals surface area contributed by atoms with Crippen LogP contribution in [0.5, 0.6) is 0 Å². The molecule has 0 saturated heterocycles. The van der Waals surface area contributed by atoms with Crippen LogP contribution in [0.15, 0.2) is 18.2 Å². The molecule has 1 aromatic heterocycles. The predicted octanol–water partition coefficient (Wildman–Crippen LogP) is 1.86. The van der Waals surface area contributed by atoms with Gasteiger partial charge in [0.1, 0.15) is 5.82 Å². The molecule has 0 radical (unpaired) electrons. The maximum absolute atomic E-state index is 8.63. The molecule has 86 valence electrons. The first-order chi connectivity index (χ1) is 7.67. The van der Waals surface area contributed by atoms with Crippen LogP contribution in [0.1, 0.15) is 19.0 Å². The number of pyridine rings is 1. The Bertz CT molecular complexity index is 370. The molecule has 0 saturated carbocycles. The summed E-state index contributed by atoms with van der Waals surface area (Å²) in [7, 11) is 3.86. The Morgan fingerprint density at radius 3 is 2.94 bits per heavy atom. The van der Waals surface area contributed by atoms with E-state index in [4.69, 9.17) is 5.26 Å². The van der Waals surface area contributed by atoms with Crippen molar-refractivity contribution in [3.05, 3.63) is 23.9 Å². The number of rotatable bonds is 5. The van der Waals surface area contributed by atoms with Crippen molar-refractivity contribution in [2.24, 2.45) is 0 Å². The van der Waals surface area contributed by atoms with Crippen LogP contribution in [-0.4, -0.2) is 30.0 Å². The second-order valence-electron chi connectivity index (χ2n) is 3.89. The molecule has 0 aromatic carbocycles. The van der Waals surface area contributed by atoms with Crippen LogP contribution in [0.25, 0.3) is 0 Å². The van der Waals surface area contributed by atoms with Crippen molar-refractivity contribution in [1.29, 1.82) is 5.26 Å². The van der Waals surface area contributed by atoms with E-state index in [1.165, 1.54) is 0 Å². The third kappa shape index (κ3) is 3.52. The highest BCUT2D eigenvalue weighted by Gasteiger charge is 2.09. The van der Waals surface area contributed by atoms with E-state index in [-0.39, 0.29) is 6.04 Å². The standard InChI is InChI=1S/C12H18N4/c1-10(7-8-13)16(3)9-11-5-4-6-12(14-2)15-11/h4-6,10H,7,9H2,1-3H3,(H,14,15). The van der Waals surface area contributed by atoms with Crippen LogP contribution in [0, 0.1) is 11.3 Å². The van der Waals surface area contributed by atoms with Crippen molar-refractivity contribution in [1.82, 2.24) is 9.88 Å². The molecule has 1 aromatic rings. The van der Waals surface area contributed by atoms with Crippen LogP contribution < -0.4 is 5.32 Å². The lowest BCUT2D eigenvalue weighted by atomic mass is 10.2. The Morgan fingerprint density at radius 1 is 1.56 bits per heavy atom. The van der Waals surface area contributed by atoms with Crippen molar-refractivity contribution in [2.45, 2.75) is 25.9 Å². The van der Waals surface area contributed by atoms with E-state index in [0.29, 0.717) is 6.42 Å². The van der Waals surface area contributed by atoms with Gasteiger partial charge in [-0.2, -0.15) is 5.26 Å². The molecule has 1 heterocycles. The number of hydrogen-bond acceptors (Lipinski definition) is 4. The van der Waals surface area contributed by atoms with E-state index >= 15 is 0 Å². The average Bonchev–Trinajstić information content (AvgIpc) is 2.29. The number of anilines is 1. The lowest BCUT2D eigenvalue weighted by molar-refractivity contribution is 0.249. The van der Waals surface area contributed by atoms with Gasteiger partial charge in [-0.15, -0.1) is 0 Å². The first-order valence-corrected chi connectivity index (χ1v) is 5.38. The summed E-state index contributed by atoms with van der Waals surface area (Å²) in [6.45, 7) is 2.81. The number of aromatic nitrogens is 1. The van der Waals surface area contributed by atoms with Crippen molar-refractivity contribution in [3.8, 4) is 6.07 Å². The van der Waals surface area contributed by atoms with Crippen molar-refractivity contribution < 1.29 is 0 Å². The summed E-state index contributed by atoms with van der Waals surface area (Å²) in [5.41, 5.74) is 1.01. The molecule has 1 N–H and O–H groups in total. The van der Waals surface area contributed by atoms with E-state index in [1.807, 2.05) is 39.2 Å². The molecule has 1 rings (SSSR count). The number of nitrogens with one attached hydrogen (secondary N) is 1. The minimum absolute atomic E-state index is 0.255. The Balaban J connectivity index is 2.62. The van der Waals surface area contributed by atoms with Crippen molar-refractivity contribution >= 4 is 5.82 Å². The predicted molar refractivity (Wildman–Crippen MR) is 64.9 cm³/mol. The van der Waals surface area contributed by atoms with Crippen LogP contribution in [0.2, 0.25) is 0 Å². The monoisotopic (exact) mass is 218 g/mol. The zero-order valence-electron chi connectivity index (χ0n) is 10.1. The third-order valence-corrected chi connectivity index (χ3v) is 2.61. The maximum Gasteiger partial charge on any atom is 0.126 e. The SMILES string of the molecule is CNc1cccc(CN(C)C(C)CC#N)n1. The summed E-state index contributed by atoms with van der Waals surface area (Å²) in [5.74, 6) is 0.874. The molecular weight excluding hydrogens is 200 g/mol. The molecular formula is C12H18N4. The van der Waals surface area contributed by atoms with Crippen LogP contribution in [-0.2, 0) is 6.54 Å². The molecule has 0 amide bonds. The Hall–Kier alpha value is -1.60. The molecule has 4 heteroatoms. The summed E-state index contributed by atoms with van der Waals surface area (Å²) in [6.07, 6.45) is 0.544. The summed E-state index contributed by atoms with van der Waals surface area (Å²) >= 11 is 0. The topological polar surface area (TPSA) is 52.0 Å². The first-order valence-electron chi connectivity index (χ1n) is 5.38. The third-order valence-electron chi connectivity index (χ3n) is 2.61. The number of nitrogens with zero attached hydrogens (tertiary/aromatic N) is 3. The van der Waals surface area contributed by atoms with Gasteiger partial charge in [0.05, 0.1) is 18.2 Å². The minimum atomic E-state index is 0.255. The fourth-order valence-corrected chi connectivity index (χ4v) is 1.41. The van der Waals surface area contributed by atoms with Gasteiger partial charge in [0.15, 0.2) is 0 Å². The normalized spacial score (nSPS) is 12.2. The van der Waals surface area contributed by atoms with Gasteiger partial charge in [-0.1, -0.05) is 6.07 Å². The maximum atomic E-state index is 8.63. The van der Waals surface area contributed by atoms with Crippen LogP contribution in [0.4, 0.5) is 5.82 Å². The van der Waals surface area contributed by atoms with Crippen LogP contribution in [0.3, 0.4) is 0 Å². The molecule has 0 aliphatic heterocycles. The molecule has 0 fully saturated rings. The second-order valence-corrected chi connectivity index (χ2v) is 3.89. The number of hydrogen-bond donors (Lipinski definition) is 1. The first kappa shape index (κ1) is 12.5. The summed E-state index contributed by atoms with van der Waals surface area (Å²) < 4.78 is 0. The lowest BCUT2D eigenvalue weighted by Gasteiger charge is -2.22. The van der Waals surface area contributed by atoms with Crippen molar-refractivity contribution in [2.75, 3.05) is 19.4 Å². The van der Waals surface area contributed by atoms with Gasteiger partial charge in [0, 0.05) is 19.6 Å². The summed E-state index contributed by atoms with van der Waals surface area (Å²) in [5, 5.41) is 11.6. The van der Waals surface area contributed by atoms with Gasteiger partial charge in [-0.3, -0.25) is 4.90 Å².